The summed E-state index contributed by atoms with van der Waals surface area (Å²) in [7, 11) is 0. The standard InChI is InChI=1S/C8H6F5N/c1-4-2-3-14-6(7(9)10)5(4)8(11,12)13/h2-3,7H,1H3. The molecule has 6 heteroatoms. The Hall–Kier alpha value is -1.20. The third kappa shape index (κ3) is 2.00. The summed E-state index contributed by atoms with van der Waals surface area (Å²) in [4.78, 5) is 3.04. The molecule has 0 saturated carbocycles. The van der Waals surface area contributed by atoms with Crippen molar-refractivity contribution in [1.82, 2.24) is 4.98 Å². The molecule has 0 bridgehead atoms. The summed E-state index contributed by atoms with van der Waals surface area (Å²) in [6, 6.07) is 1.05. The number of pyridine rings is 1. The molecule has 0 atom stereocenters. The molecule has 1 aromatic rings. The SMILES string of the molecule is Cc1ccnc(C(F)F)c1C(F)(F)F. The van der Waals surface area contributed by atoms with E-state index in [1.54, 1.807) is 0 Å². The highest BCUT2D eigenvalue weighted by molar-refractivity contribution is 5.32. The smallest absolute Gasteiger partial charge is 0.255 e. The van der Waals surface area contributed by atoms with Gasteiger partial charge in [0.2, 0.25) is 0 Å². The van der Waals surface area contributed by atoms with Crippen LogP contribution in [0.15, 0.2) is 12.3 Å². The van der Waals surface area contributed by atoms with Gasteiger partial charge < -0.3 is 0 Å². The van der Waals surface area contributed by atoms with Crippen LogP contribution < -0.4 is 0 Å². The molecular formula is C8H6F5N. The number of halogens is 5. The molecule has 1 heterocycles. The van der Waals surface area contributed by atoms with Gasteiger partial charge in [0.05, 0.1) is 5.56 Å². The van der Waals surface area contributed by atoms with Gasteiger partial charge in [-0.3, -0.25) is 4.98 Å². The minimum Gasteiger partial charge on any atom is -0.255 e. The van der Waals surface area contributed by atoms with Crippen LogP contribution in [-0.2, 0) is 6.18 Å². The topological polar surface area (TPSA) is 12.9 Å². The van der Waals surface area contributed by atoms with Crippen molar-refractivity contribution in [3.8, 4) is 0 Å². The third-order valence-corrected chi connectivity index (χ3v) is 1.68. The monoisotopic (exact) mass is 211 g/mol. The van der Waals surface area contributed by atoms with Crippen LogP contribution in [0.2, 0.25) is 0 Å². The zero-order valence-corrected chi connectivity index (χ0v) is 7.07. The maximum absolute atomic E-state index is 12.3. The molecule has 0 aromatic carbocycles. The van der Waals surface area contributed by atoms with Gasteiger partial charge in [0.1, 0.15) is 5.69 Å². The Morgan fingerprint density at radius 1 is 1.29 bits per heavy atom. The van der Waals surface area contributed by atoms with Gasteiger partial charge in [0, 0.05) is 6.20 Å². The van der Waals surface area contributed by atoms with E-state index in [0.717, 1.165) is 19.2 Å². The first-order valence-corrected chi connectivity index (χ1v) is 3.65. The Bertz CT molecular complexity index is 331. The van der Waals surface area contributed by atoms with Crippen molar-refractivity contribution in [2.45, 2.75) is 19.5 Å². The number of hydrogen-bond donors (Lipinski definition) is 0. The van der Waals surface area contributed by atoms with Crippen molar-refractivity contribution in [1.29, 1.82) is 0 Å². The molecule has 1 rings (SSSR count). The lowest BCUT2D eigenvalue weighted by Crippen LogP contribution is -2.13. The van der Waals surface area contributed by atoms with Crippen LogP contribution in [0.25, 0.3) is 0 Å². The molecule has 0 saturated heterocycles. The second-order valence-corrected chi connectivity index (χ2v) is 2.69. The average molecular weight is 211 g/mol. The van der Waals surface area contributed by atoms with Gasteiger partial charge >= 0.3 is 6.18 Å². The zero-order chi connectivity index (χ0) is 10.9. The number of nitrogens with zero attached hydrogens (tertiary/aromatic N) is 1. The Morgan fingerprint density at radius 3 is 2.21 bits per heavy atom. The minimum absolute atomic E-state index is 0.247. The number of alkyl halides is 5. The van der Waals surface area contributed by atoms with Crippen LogP contribution in [0, 0.1) is 6.92 Å². The van der Waals surface area contributed by atoms with Gasteiger partial charge in [-0.2, -0.15) is 13.2 Å². The summed E-state index contributed by atoms with van der Waals surface area (Å²) < 4.78 is 61.2. The van der Waals surface area contributed by atoms with Crippen LogP contribution in [0.3, 0.4) is 0 Å². The molecule has 0 amide bonds. The first kappa shape index (κ1) is 10.9. The van der Waals surface area contributed by atoms with Gasteiger partial charge in [-0.1, -0.05) is 0 Å². The quantitative estimate of drug-likeness (QED) is 0.649. The summed E-state index contributed by atoms with van der Waals surface area (Å²) in [6.07, 6.45) is -7.07. The van der Waals surface area contributed by atoms with Crippen molar-refractivity contribution in [3.05, 3.63) is 29.1 Å². The van der Waals surface area contributed by atoms with E-state index < -0.39 is 23.9 Å². The Balaban J connectivity index is 3.38. The molecule has 14 heavy (non-hydrogen) atoms. The molecule has 78 valence electrons. The maximum atomic E-state index is 12.3. The van der Waals surface area contributed by atoms with E-state index in [4.69, 9.17) is 0 Å². The lowest BCUT2D eigenvalue weighted by Gasteiger charge is -2.13. The lowest BCUT2D eigenvalue weighted by atomic mass is 10.1. The van der Waals surface area contributed by atoms with Gasteiger partial charge in [-0.15, -0.1) is 0 Å². The minimum atomic E-state index is -4.79. The highest BCUT2D eigenvalue weighted by Gasteiger charge is 2.38. The van der Waals surface area contributed by atoms with Crippen molar-refractivity contribution in [2.75, 3.05) is 0 Å². The lowest BCUT2D eigenvalue weighted by molar-refractivity contribution is -0.140. The molecule has 0 aliphatic rings. The summed E-state index contributed by atoms with van der Waals surface area (Å²) >= 11 is 0. The van der Waals surface area contributed by atoms with E-state index in [1.165, 1.54) is 0 Å². The van der Waals surface area contributed by atoms with Crippen LogP contribution in [0.4, 0.5) is 22.0 Å². The fourth-order valence-electron chi connectivity index (χ4n) is 1.11. The largest absolute Gasteiger partial charge is 0.418 e. The van der Waals surface area contributed by atoms with Gasteiger partial charge in [-0.25, -0.2) is 8.78 Å². The molecule has 1 nitrogen and oxygen atoms in total. The van der Waals surface area contributed by atoms with E-state index in [0.29, 0.717) is 0 Å². The van der Waals surface area contributed by atoms with Gasteiger partial charge in [0.15, 0.2) is 0 Å². The van der Waals surface area contributed by atoms with Crippen LogP contribution in [0.1, 0.15) is 23.2 Å². The van der Waals surface area contributed by atoms with E-state index in [-0.39, 0.29) is 5.56 Å². The summed E-state index contributed by atoms with van der Waals surface area (Å²) in [5, 5.41) is 0. The molecule has 0 radical (unpaired) electrons. The molecule has 1 aromatic heterocycles. The zero-order valence-electron chi connectivity index (χ0n) is 7.07. The summed E-state index contributed by atoms with van der Waals surface area (Å²) in [5.74, 6) is 0. The highest BCUT2D eigenvalue weighted by atomic mass is 19.4. The number of aromatic nitrogens is 1. The van der Waals surface area contributed by atoms with Crippen molar-refractivity contribution in [2.24, 2.45) is 0 Å². The predicted octanol–water partition coefficient (Wildman–Crippen LogP) is 3.35. The fourth-order valence-corrected chi connectivity index (χ4v) is 1.11. The molecule has 0 aliphatic heterocycles. The Morgan fingerprint density at radius 2 is 1.86 bits per heavy atom. The normalized spacial score (nSPS) is 12.2. The highest BCUT2D eigenvalue weighted by Crippen LogP contribution is 2.36. The second kappa shape index (κ2) is 3.51. The maximum Gasteiger partial charge on any atom is 0.418 e. The third-order valence-electron chi connectivity index (χ3n) is 1.68. The summed E-state index contributed by atoms with van der Waals surface area (Å²) in [5.41, 5.74) is -2.80. The second-order valence-electron chi connectivity index (χ2n) is 2.69. The first-order valence-electron chi connectivity index (χ1n) is 3.65. The summed E-state index contributed by atoms with van der Waals surface area (Å²) in [6.45, 7) is 1.12. The molecular weight excluding hydrogens is 205 g/mol. The first-order chi connectivity index (χ1) is 6.34. The number of aryl methyl sites for hydroxylation is 1. The molecule has 0 N–H and O–H groups in total. The molecule has 0 spiro atoms. The van der Waals surface area contributed by atoms with Crippen LogP contribution in [0.5, 0.6) is 0 Å². The van der Waals surface area contributed by atoms with E-state index in [9.17, 15) is 22.0 Å². The number of hydrogen-bond acceptors (Lipinski definition) is 1. The molecule has 0 aliphatic carbocycles. The van der Waals surface area contributed by atoms with Crippen molar-refractivity contribution < 1.29 is 22.0 Å². The van der Waals surface area contributed by atoms with Crippen LogP contribution in [-0.4, -0.2) is 4.98 Å². The number of rotatable bonds is 1. The predicted molar refractivity (Wildman–Crippen MR) is 38.9 cm³/mol. The van der Waals surface area contributed by atoms with Crippen molar-refractivity contribution in [3.63, 3.8) is 0 Å². The van der Waals surface area contributed by atoms with Crippen molar-refractivity contribution >= 4 is 0 Å². The molecule has 0 fully saturated rings. The van der Waals surface area contributed by atoms with E-state index in [2.05, 4.69) is 4.98 Å². The van der Waals surface area contributed by atoms with Gasteiger partial charge in [0.25, 0.3) is 6.43 Å². The average Bonchev–Trinajstić information content (AvgIpc) is 2.01. The Kier molecular flexibility index (Phi) is 2.73. The van der Waals surface area contributed by atoms with Gasteiger partial charge in [-0.05, 0) is 18.6 Å². The van der Waals surface area contributed by atoms with Crippen LogP contribution >= 0.6 is 0 Å². The Labute approximate surface area is 76.6 Å². The molecule has 0 unspecified atom stereocenters. The van der Waals surface area contributed by atoms with E-state index >= 15 is 0 Å². The fraction of sp³-hybridized carbons (Fsp3) is 0.375. The van der Waals surface area contributed by atoms with E-state index in [1.807, 2.05) is 0 Å².